The summed E-state index contributed by atoms with van der Waals surface area (Å²) in [5, 5.41) is 1.26. The normalized spacial score (nSPS) is 11.0. The van der Waals surface area contributed by atoms with Crippen LogP contribution in [0.3, 0.4) is 0 Å². The monoisotopic (exact) mass is 214 g/mol. The number of rotatable bonds is 2. The number of aromatic nitrogens is 1. The van der Waals surface area contributed by atoms with Crippen molar-refractivity contribution < 1.29 is 0 Å². The topological polar surface area (TPSA) is 38.9 Å². The molecule has 0 aliphatic rings. The van der Waals surface area contributed by atoms with Crippen LogP contribution < -0.4 is 5.73 Å². The van der Waals surface area contributed by atoms with E-state index in [1.54, 1.807) is 0 Å². The molecule has 0 aliphatic carbocycles. The summed E-state index contributed by atoms with van der Waals surface area (Å²) in [6.07, 6.45) is 0.897. The number of nitrogens with two attached hydrogens (primary N) is 1. The van der Waals surface area contributed by atoms with Crippen LogP contribution in [0.25, 0.3) is 10.9 Å². The summed E-state index contributed by atoms with van der Waals surface area (Å²) in [5.74, 6) is 0. The minimum Gasteiger partial charge on any atom is -0.330 e. The van der Waals surface area contributed by atoms with Crippen LogP contribution in [0.2, 0.25) is 0 Å². The highest BCUT2D eigenvalue weighted by Gasteiger charge is 2.06. The molecule has 84 valence electrons. The number of pyridine rings is 1. The van der Waals surface area contributed by atoms with Gasteiger partial charge in [0.25, 0.3) is 0 Å². The Kier molecular flexibility index (Phi) is 2.92. The molecule has 2 N–H and O–H groups in total. The fourth-order valence-electron chi connectivity index (χ4n) is 2.23. The average molecular weight is 214 g/mol. The van der Waals surface area contributed by atoms with Crippen LogP contribution in [0.5, 0.6) is 0 Å². The van der Waals surface area contributed by atoms with E-state index in [-0.39, 0.29) is 0 Å². The van der Waals surface area contributed by atoms with Crippen molar-refractivity contribution >= 4 is 10.9 Å². The van der Waals surface area contributed by atoms with Crippen LogP contribution in [0.1, 0.15) is 22.4 Å². The van der Waals surface area contributed by atoms with Gasteiger partial charge in [0.15, 0.2) is 0 Å². The van der Waals surface area contributed by atoms with Crippen molar-refractivity contribution in [1.82, 2.24) is 4.98 Å². The first-order chi connectivity index (χ1) is 7.61. The molecular formula is C14H18N2. The van der Waals surface area contributed by atoms with Gasteiger partial charge >= 0.3 is 0 Å². The molecule has 0 bridgehead atoms. The van der Waals surface area contributed by atoms with Crippen molar-refractivity contribution in [2.75, 3.05) is 6.54 Å². The Morgan fingerprint density at radius 3 is 2.56 bits per heavy atom. The Labute approximate surface area is 96.5 Å². The third-order valence-corrected chi connectivity index (χ3v) is 2.89. The molecule has 2 heteroatoms. The second-order valence-corrected chi connectivity index (χ2v) is 4.44. The van der Waals surface area contributed by atoms with E-state index < -0.39 is 0 Å². The fourth-order valence-corrected chi connectivity index (χ4v) is 2.23. The predicted molar refractivity (Wildman–Crippen MR) is 68.7 cm³/mol. The second-order valence-electron chi connectivity index (χ2n) is 4.44. The lowest BCUT2D eigenvalue weighted by Gasteiger charge is -2.10. The largest absolute Gasteiger partial charge is 0.330 e. The quantitative estimate of drug-likeness (QED) is 0.834. The molecule has 0 amide bonds. The Morgan fingerprint density at radius 2 is 1.88 bits per heavy atom. The van der Waals surface area contributed by atoms with Crippen molar-refractivity contribution in [2.24, 2.45) is 5.73 Å². The van der Waals surface area contributed by atoms with Gasteiger partial charge in [-0.25, -0.2) is 0 Å². The number of benzene rings is 1. The molecule has 0 unspecified atom stereocenters. The van der Waals surface area contributed by atoms with Gasteiger partial charge in [0.05, 0.1) is 5.52 Å². The molecule has 0 fully saturated rings. The van der Waals surface area contributed by atoms with Gasteiger partial charge in [-0.05, 0) is 57.0 Å². The molecule has 0 saturated heterocycles. The van der Waals surface area contributed by atoms with Gasteiger partial charge in [-0.3, -0.25) is 4.98 Å². The summed E-state index contributed by atoms with van der Waals surface area (Å²) < 4.78 is 0. The van der Waals surface area contributed by atoms with Gasteiger partial charge in [0.2, 0.25) is 0 Å². The third kappa shape index (κ3) is 1.93. The van der Waals surface area contributed by atoms with E-state index in [2.05, 4.69) is 37.0 Å². The Hall–Kier alpha value is -1.41. The summed E-state index contributed by atoms with van der Waals surface area (Å²) in [4.78, 5) is 4.64. The van der Waals surface area contributed by atoms with E-state index in [0.29, 0.717) is 6.54 Å². The Balaban J connectivity index is 2.78. The zero-order chi connectivity index (χ0) is 11.7. The number of hydrogen-bond donors (Lipinski definition) is 1. The van der Waals surface area contributed by atoms with Gasteiger partial charge in [0, 0.05) is 11.1 Å². The van der Waals surface area contributed by atoms with E-state index in [9.17, 15) is 0 Å². The SMILES string of the molecule is Cc1cc(CCN)c2nc(C)cc(C)c2c1. The number of aryl methyl sites for hydroxylation is 3. The minimum atomic E-state index is 0.674. The zero-order valence-corrected chi connectivity index (χ0v) is 10.2. The molecule has 0 atom stereocenters. The first-order valence-electron chi connectivity index (χ1n) is 5.69. The number of nitrogens with zero attached hydrogens (tertiary/aromatic N) is 1. The Bertz CT molecular complexity index is 530. The van der Waals surface area contributed by atoms with Crippen molar-refractivity contribution in [3.05, 3.63) is 40.6 Å². The first kappa shape index (κ1) is 11.1. The standard InChI is InChI=1S/C14H18N2/c1-9-6-12(4-5-15)14-13(7-9)10(2)8-11(3)16-14/h6-8H,4-5,15H2,1-3H3. The predicted octanol–water partition coefficient (Wildman–Crippen LogP) is 2.66. The highest BCUT2D eigenvalue weighted by Crippen LogP contribution is 2.23. The first-order valence-corrected chi connectivity index (χ1v) is 5.69. The highest BCUT2D eigenvalue weighted by molar-refractivity contribution is 5.86. The van der Waals surface area contributed by atoms with Crippen LogP contribution in [-0.2, 0) is 6.42 Å². The van der Waals surface area contributed by atoms with E-state index in [0.717, 1.165) is 17.6 Å². The highest BCUT2D eigenvalue weighted by atomic mass is 14.7. The lowest BCUT2D eigenvalue weighted by molar-refractivity contribution is 0.970. The van der Waals surface area contributed by atoms with Crippen molar-refractivity contribution in [3.63, 3.8) is 0 Å². The van der Waals surface area contributed by atoms with Crippen molar-refractivity contribution in [2.45, 2.75) is 27.2 Å². The van der Waals surface area contributed by atoms with Gasteiger partial charge in [-0.15, -0.1) is 0 Å². The minimum absolute atomic E-state index is 0.674. The average Bonchev–Trinajstić information content (AvgIpc) is 2.20. The van der Waals surface area contributed by atoms with Gasteiger partial charge in [-0.2, -0.15) is 0 Å². The maximum atomic E-state index is 5.65. The molecule has 16 heavy (non-hydrogen) atoms. The summed E-state index contributed by atoms with van der Waals surface area (Å²) >= 11 is 0. The lowest BCUT2D eigenvalue weighted by Crippen LogP contribution is -2.04. The smallest absolute Gasteiger partial charge is 0.0740 e. The van der Waals surface area contributed by atoms with Crippen LogP contribution in [0.4, 0.5) is 0 Å². The maximum Gasteiger partial charge on any atom is 0.0740 e. The second kappa shape index (κ2) is 4.22. The molecule has 1 heterocycles. The fraction of sp³-hybridized carbons (Fsp3) is 0.357. The molecule has 0 radical (unpaired) electrons. The molecule has 2 nitrogen and oxygen atoms in total. The molecule has 2 rings (SSSR count). The number of fused-ring (bicyclic) bond motifs is 1. The van der Waals surface area contributed by atoms with Crippen LogP contribution in [0, 0.1) is 20.8 Å². The van der Waals surface area contributed by atoms with E-state index in [1.807, 2.05) is 6.92 Å². The molecular weight excluding hydrogens is 196 g/mol. The summed E-state index contributed by atoms with van der Waals surface area (Å²) in [5.41, 5.74) is 11.7. The summed E-state index contributed by atoms with van der Waals surface area (Å²) in [6.45, 7) is 6.98. The van der Waals surface area contributed by atoms with Gasteiger partial charge in [-0.1, -0.05) is 11.6 Å². The van der Waals surface area contributed by atoms with Gasteiger partial charge in [0.1, 0.15) is 0 Å². The molecule has 0 saturated carbocycles. The lowest BCUT2D eigenvalue weighted by atomic mass is 10.00. The van der Waals surface area contributed by atoms with Crippen LogP contribution in [-0.4, -0.2) is 11.5 Å². The summed E-state index contributed by atoms with van der Waals surface area (Å²) in [7, 11) is 0. The molecule has 1 aromatic carbocycles. The molecule has 0 aliphatic heterocycles. The molecule has 1 aromatic heterocycles. The van der Waals surface area contributed by atoms with Crippen LogP contribution in [0.15, 0.2) is 18.2 Å². The van der Waals surface area contributed by atoms with E-state index in [4.69, 9.17) is 5.73 Å². The third-order valence-electron chi connectivity index (χ3n) is 2.89. The molecule has 0 spiro atoms. The number of hydrogen-bond acceptors (Lipinski definition) is 2. The summed E-state index contributed by atoms with van der Waals surface area (Å²) in [6, 6.07) is 6.53. The van der Waals surface area contributed by atoms with Gasteiger partial charge < -0.3 is 5.73 Å². The van der Waals surface area contributed by atoms with Crippen molar-refractivity contribution in [1.29, 1.82) is 0 Å². The Morgan fingerprint density at radius 1 is 1.12 bits per heavy atom. The van der Waals surface area contributed by atoms with Crippen LogP contribution >= 0.6 is 0 Å². The zero-order valence-electron chi connectivity index (χ0n) is 10.2. The molecule has 2 aromatic rings. The van der Waals surface area contributed by atoms with E-state index in [1.165, 1.54) is 22.1 Å². The maximum absolute atomic E-state index is 5.65. The van der Waals surface area contributed by atoms with E-state index >= 15 is 0 Å². The van der Waals surface area contributed by atoms with Crippen molar-refractivity contribution in [3.8, 4) is 0 Å².